The molecule has 2 aliphatic rings. The summed E-state index contributed by atoms with van der Waals surface area (Å²) in [6.45, 7) is 3.71. The van der Waals surface area contributed by atoms with Gasteiger partial charge in [0.25, 0.3) is 0 Å². The lowest BCUT2D eigenvalue weighted by Gasteiger charge is -2.38. The number of anilines is 1. The Morgan fingerprint density at radius 1 is 0.947 bits per heavy atom. The topological polar surface area (TPSA) is 90.7 Å². The number of hydrogen-bond acceptors (Lipinski definition) is 5. The van der Waals surface area contributed by atoms with Crippen LogP contribution in [0.2, 0.25) is 5.02 Å². The van der Waals surface area contributed by atoms with Gasteiger partial charge >= 0.3 is 0 Å². The van der Waals surface area contributed by atoms with Crippen molar-refractivity contribution in [2.75, 3.05) is 31.1 Å². The zero-order valence-corrected chi connectivity index (χ0v) is 22.2. The summed E-state index contributed by atoms with van der Waals surface area (Å²) in [6.07, 6.45) is 1.00. The lowest BCUT2D eigenvalue weighted by atomic mass is 9.95. The van der Waals surface area contributed by atoms with E-state index < -0.39 is 6.04 Å². The molecule has 1 saturated heterocycles. The molecule has 0 bridgehead atoms. The largest absolute Gasteiger partial charge is 0.368 e. The van der Waals surface area contributed by atoms with E-state index >= 15 is 0 Å². The van der Waals surface area contributed by atoms with Crippen LogP contribution in [-0.2, 0) is 35.5 Å². The molecule has 7 nitrogen and oxygen atoms in total. The molecule has 1 fully saturated rings. The number of piperazine rings is 1. The number of nitrogens with two attached hydrogens (primary N) is 1. The molecule has 198 valence electrons. The molecule has 2 heterocycles. The zero-order valence-electron chi connectivity index (χ0n) is 21.4. The number of nitrogens with zero attached hydrogens (tertiary/aromatic N) is 2. The van der Waals surface area contributed by atoms with Crippen LogP contribution in [0.4, 0.5) is 5.69 Å². The van der Waals surface area contributed by atoms with Gasteiger partial charge in [-0.1, -0.05) is 66.2 Å². The molecular formula is C30H34ClN5O2. The van der Waals surface area contributed by atoms with Crippen molar-refractivity contribution in [1.82, 2.24) is 15.5 Å². The average molecular weight is 532 g/mol. The maximum Gasteiger partial charge on any atom is 0.245 e. The summed E-state index contributed by atoms with van der Waals surface area (Å²) in [7, 11) is 0. The van der Waals surface area contributed by atoms with Gasteiger partial charge in [0.05, 0.1) is 6.04 Å². The minimum Gasteiger partial charge on any atom is -0.368 e. The second-order valence-corrected chi connectivity index (χ2v) is 10.4. The van der Waals surface area contributed by atoms with Gasteiger partial charge in [-0.3, -0.25) is 9.59 Å². The standard InChI is InChI=1S/C30H34ClN5O2/c31-25-11-9-21(10-12-25)17-27(34-29(37)26-18-22-5-1-2-7-24(22)20-33-26)30(38)36-15-13-35(14-16-36)28-8-4-3-6-23(28)19-32/h1-12,26-27,33H,13-20,32H2,(H,34,37)/t26-,27-/m1/s1. The van der Waals surface area contributed by atoms with Crippen LogP contribution < -0.4 is 21.3 Å². The molecule has 4 N–H and O–H groups in total. The van der Waals surface area contributed by atoms with E-state index in [1.54, 1.807) is 0 Å². The van der Waals surface area contributed by atoms with E-state index in [1.165, 1.54) is 11.1 Å². The van der Waals surface area contributed by atoms with Gasteiger partial charge in [-0.2, -0.15) is 0 Å². The van der Waals surface area contributed by atoms with Crippen LogP contribution in [0.15, 0.2) is 72.8 Å². The summed E-state index contributed by atoms with van der Waals surface area (Å²) in [5.74, 6) is -0.210. The van der Waals surface area contributed by atoms with E-state index in [2.05, 4.69) is 33.7 Å². The van der Waals surface area contributed by atoms with Crippen molar-refractivity contribution in [3.05, 3.63) is 100 Å². The molecule has 3 aromatic carbocycles. The molecule has 0 aliphatic carbocycles. The van der Waals surface area contributed by atoms with Crippen molar-refractivity contribution in [2.45, 2.75) is 38.0 Å². The van der Waals surface area contributed by atoms with Crippen LogP contribution in [0.1, 0.15) is 22.3 Å². The number of benzene rings is 3. The fraction of sp³-hybridized carbons (Fsp3) is 0.333. The fourth-order valence-electron chi connectivity index (χ4n) is 5.35. The number of carbonyl (C=O) groups is 2. The molecule has 3 aromatic rings. The Bertz CT molecular complexity index is 1270. The first kappa shape index (κ1) is 26.2. The number of nitrogens with one attached hydrogen (secondary N) is 2. The van der Waals surface area contributed by atoms with Crippen molar-refractivity contribution in [3.8, 4) is 0 Å². The number of para-hydroxylation sites is 1. The highest BCUT2D eigenvalue weighted by molar-refractivity contribution is 6.30. The van der Waals surface area contributed by atoms with Crippen molar-refractivity contribution in [2.24, 2.45) is 5.73 Å². The van der Waals surface area contributed by atoms with Gasteiger partial charge in [0.2, 0.25) is 11.8 Å². The van der Waals surface area contributed by atoms with Gasteiger partial charge in [-0.15, -0.1) is 0 Å². The Labute approximate surface area is 228 Å². The third-order valence-corrected chi connectivity index (χ3v) is 7.76. The Kier molecular flexibility index (Phi) is 8.27. The van der Waals surface area contributed by atoms with Crippen molar-refractivity contribution in [1.29, 1.82) is 0 Å². The molecule has 0 saturated carbocycles. The number of carbonyl (C=O) groups excluding carboxylic acids is 2. The Balaban J connectivity index is 1.28. The second kappa shape index (κ2) is 12.0. The molecule has 5 rings (SSSR count). The average Bonchev–Trinajstić information content (AvgIpc) is 2.97. The molecule has 0 radical (unpaired) electrons. The van der Waals surface area contributed by atoms with Gasteiger partial charge in [-0.25, -0.2) is 0 Å². The number of rotatable bonds is 7. The van der Waals surface area contributed by atoms with Gasteiger partial charge in [-0.05, 0) is 46.9 Å². The van der Waals surface area contributed by atoms with Crippen molar-refractivity contribution < 1.29 is 9.59 Å². The first-order chi connectivity index (χ1) is 18.5. The molecule has 0 spiro atoms. The van der Waals surface area contributed by atoms with Crippen LogP contribution in [0.25, 0.3) is 0 Å². The van der Waals surface area contributed by atoms with Gasteiger partial charge in [0.15, 0.2) is 0 Å². The Hall–Kier alpha value is -3.39. The molecule has 8 heteroatoms. The first-order valence-corrected chi connectivity index (χ1v) is 13.6. The number of fused-ring (bicyclic) bond motifs is 1. The zero-order chi connectivity index (χ0) is 26.5. The lowest BCUT2D eigenvalue weighted by molar-refractivity contribution is -0.137. The van der Waals surface area contributed by atoms with Gasteiger partial charge in [0, 0.05) is 56.4 Å². The van der Waals surface area contributed by atoms with Crippen LogP contribution >= 0.6 is 11.6 Å². The SMILES string of the molecule is NCc1ccccc1N1CCN(C(=O)[C@@H](Cc2ccc(Cl)cc2)NC(=O)[C@H]2Cc3ccccc3CN2)CC1. The minimum atomic E-state index is -0.662. The summed E-state index contributed by atoms with van der Waals surface area (Å²) >= 11 is 6.08. The summed E-state index contributed by atoms with van der Waals surface area (Å²) in [5.41, 5.74) is 11.5. The smallest absolute Gasteiger partial charge is 0.245 e. The van der Waals surface area contributed by atoms with Crippen LogP contribution in [-0.4, -0.2) is 55.0 Å². The molecule has 2 amide bonds. The summed E-state index contributed by atoms with van der Waals surface area (Å²) in [6, 6.07) is 22.7. The molecule has 2 atom stereocenters. The molecule has 0 unspecified atom stereocenters. The molecular weight excluding hydrogens is 498 g/mol. The molecule has 38 heavy (non-hydrogen) atoms. The van der Waals surface area contributed by atoms with Crippen LogP contribution in [0.5, 0.6) is 0 Å². The van der Waals surface area contributed by atoms with Crippen LogP contribution in [0.3, 0.4) is 0 Å². The predicted molar refractivity (Wildman–Crippen MR) is 151 cm³/mol. The quantitative estimate of drug-likeness (QED) is 0.436. The van der Waals surface area contributed by atoms with Gasteiger partial charge < -0.3 is 26.2 Å². The Morgan fingerprint density at radius 2 is 1.63 bits per heavy atom. The fourth-order valence-corrected chi connectivity index (χ4v) is 5.47. The number of hydrogen-bond donors (Lipinski definition) is 3. The van der Waals surface area contributed by atoms with Crippen molar-refractivity contribution >= 4 is 29.1 Å². The van der Waals surface area contributed by atoms with E-state index in [0.29, 0.717) is 57.1 Å². The van der Waals surface area contributed by atoms with Gasteiger partial charge in [0.1, 0.15) is 6.04 Å². The van der Waals surface area contributed by atoms with E-state index in [-0.39, 0.29) is 17.9 Å². The van der Waals surface area contributed by atoms with Crippen molar-refractivity contribution in [3.63, 3.8) is 0 Å². The normalized spacial score (nSPS) is 18.0. The lowest BCUT2D eigenvalue weighted by Crippen LogP contribution is -2.58. The monoisotopic (exact) mass is 531 g/mol. The number of amides is 2. The highest BCUT2D eigenvalue weighted by atomic mass is 35.5. The Morgan fingerprint density at radius 3 is 2.37 bits per heavy atom. The van der Waals surface area contributed by atoms with E-state index in [0.717, 1.165) is 16.8 Å². The van der Waals surface area contributed by atoms with E-state index in [1.807, 2.05) is 59.5 Å². The molecule has 2 aliphatic heterocycles. The third kappa shape index (κ3) is 6.01. The maximum atomic E-state index is 13.8. The minimum absolute atomic E-state index is 0.0590. The second-order valence-electron chi connectivity index (χ2n) is 9.94. The van der Waals surface area contributed by atoms with Crippen LogP contribution in [0, 0.1) is 0 Å². The third-order valence-electron chi connectivity index (χ3n) is 7.51. The highest BCUT2D eigenvalue weighted by Crippen LogP contribution is 2.22. The molecule has 0 aromatic heterocycles. The summed E-state index contributed by atoms with van der Waals surface area (Å²) in [4.78, 5) is 31.3. The summed E-state index contributed by atoms with van der Waals surface area (Å²) < 4.78 is 0. The summed E-state index contributed by atoms with van der Waals surface area (Å²) in [5, 5.41) is 7.06. The first-order valence-electron chi connectivity index (χ1n) is 13.2. The van der Waals surface area contributed by atoms with E-state index in [9.17, 15) is 9.59 Å². The van der Waals surface area contributed by atoms with E-state index in [4.69, 9.17) is 17.3 Å². The maximum absolute atomic E-state index is 13.8. The number of halogens is 1. The predicted octanol–water partition coefficient (Wildman–Crippen LogP) is 2.89. The highest BCUT2D eigenvalue weighted by Gasteiger charge is 2.32.